The second-order valence-electron chi connectivity index (χ2n) is 7.71. The Labute approximate surface area is 166 Å². The van der Waals surface area contributed by atoms with E-state index < -0.39 is 27.0 Å². The Hall–Kier alpha value is -2.45. The molecular weight excluding hydrogens is 380 g/mol. The van der Waals surface area contributed by atoms with E-state index in [0.717, 1.165) is 5.56 Å². The van der Waals surface area contributed by atoms with Crippen molar-refractivity contribution < 1.29 is 22.1 Å². The number of methoxy groups -OCH3 is 1. The van der Waals surface area contributed by atoms with Crippen molar-refractivity contribution in [3.8, 4) is 5.88 Å². The molecule has 1 aromatic carbocycles. The van der Waals surface area contributed by atoms with Gasteiger partial charge in [-0.15, -0.1) is 0 Å². The standard InChI is InChI=1S/C20H26N2O5S/c1-14-6-9-16(10-7-14)28(24,25)27-18(23)12-20(21,19(2,3)4)15-8-11-17(26-5)22-13-15/h6-11,13H,12,21H2,1-5H3/t20-/m1/s1. The second-order valence-corrected chi connectivity index (χ2v) is 9.26. The molecule has 0 bridgehead atoms. The van der Waals surface area contributed by atoms with Crippen molar-refractivity contribution in [3.05, 3.63) is 53.7 Å². The smallest absolute Gasteiger partial charge is 0.341 e. The zero-order chi connectivity index (χ0) is 21.2. The Balaban J connectivity index is 2.29. The van der Waals surface area contributed by atoms with E-state index in [4.69, 9.17) is 14.7 Å². The average Bonchev–Trinajstić information content (AvgIpc) is 2.60. The molecule has 0 fully saturated rings. The van der Waals surface area contributed by atoms with Gasteiger partial charge in [0, 0.05) is 12.3 Å². The van der Waals surface area contributed by atoms with Gasteiger partial charge in [0.05, 0.1) is 19.1 Å². The maximum absolute atomic E-state index is 12.5. The molecule has 2 rings (SSSR count). The van der Waals surface area contributed by atoms with Gasteiger partial charge < -0.3 is 14.7 Å². The summed E-state index contributed by atoms with van der Waals surface area (Å²) in [6.45, 7) is 7.41. The third kappa shape index (κ3) is 4.69. The van der Waals surface area contributed by atoms with Crippen LogP contribution in [0.3, 0.4) is 0 Å². The number of hydrogen-bond acceptors (Lipinski definition) is 7. The summed E-state index contributed by atoms with van der Waals surface area (Å²) in [6, 6.07) is 9.39. The predicted octanol–water partition coefficient (Wildman–Crippen LogP) is 2.92. The third-order valence-electron chi connectivity index (χ3n) is 4.73. The van der Waals surface area contributed by atoms with Crippen molar-refractivity contribution in [3.63, 3.8) is 0 Å². The number of nitrogens with zero attached hydrogens (tertiary/aromatic N) is 1. The van der Waals surface area contributed by atoms with E-state index in [1.54, 1.807) is 24.3 Å². The lowest BCUT2D eigenvalue weighted by molar-refractivity contribution is -0.136. The van der Waals surface area contributed by atoms with Gasteiger partial charge in [-0.1, -0.05) is 44.5 Å². The number of carbonyl (C=O) groups is 1. The van der Waals surface area contributed by atoms with Gasteiger partial charge >= 0.3 is 16.1 Å². The van der Waals surface area contributed by atoms with E-state index in [2.05, 4.69) is 4.98 Å². The fourth-order valence-electron chi connectivity index (χ4n) is 2.70. The number of carbonyl (C=O) groups excluding carboxylic acids is 1. The van der Waals surface area contributed by atoms with E-state index in [1.807, 2.05) is 27.7 Å². The van der Waals surface area contributed by atoms with E-state index in [9.17, 15) is 13.2 Å². The van der Waals surface area contributed by atoms with E-state index in [-0.39, 0.29) is 11.3 Å². The lowest BCUT2D eigenvalue weighted by Gasteiger charge is -2.41. The molecule has 1 atom stereocenters. The maximum atomic E-state index is 12.5. The van der Waals surface area contributed by atoms with Crippen LogP contribution in [0.25, 0.3) is 0 Å². The van der Waals surface area contributed by atoms with Gasteiger partial charge in [-0.05, 0) is 30.0 Å². The number of aromatic nitrogens is 1. The Kier molecular flexibility index (Phi) is 6.15. The SMILES string of the molecule is COc1ccc([C@](N)(CC(=O)OS(=O)(=O)c2ccc(C)cc2)C(C)(C)C)cn1. The molecule has 0 unspecified atom stereocenters. The number of hydrogen-bond donors (Lipinski definition) is 1. The monoisotopic (exact) mass is 406 g/mol. The Morgan fingerprint density at radius 1 is 1.11 bits per heavy atom. The molecule has 2 aromatic rings. The van der Waals surface area contributed by atoms with Crippen molar-refractivity contribution >= 4 is 16.1 Å². The molecule has 1 heterocycles. The molecule has 0 saturated carbocycles. The Morgan fingerprint density at radius 2 is 1.71 bits per heavy atom. The first kappa shape index (κ1) is 21.8. The van der Waals surface area contributed by atoms with Crippen LogP contribution < -0.4 is 10.5 Å². The van der Waals surface area contributed by atoms with Gasteiger partial charge in [-0.2, -0.15) is 8.42 Å². The van der Waals surface area contributed by atoms with Crippen molar-refractivity contribution in [1.29, 1.82) is 0 Å². The fraction of sp³-hybridized carbons (Fsp3) is 0.400. The van der Waals surface area contributed by atoms with Crippen LogP contribution in [-0.4, -0.2) is 26.5 Å². The Morgan fingerprint density at radius 3 is 2.18 bits per heavy atom. The molecule has 0 radical (unpaired) electrons. The number of rotatable bonds is 6. The largest absolute Gasteiger partial charge is 0.481 e. The highest BCUT2D eigenvalue weighted by Crippen LogP contribution is 2.40. The lowest BCUT2D eigenvalue weighted by Crippen LogP contribution is -2.50. The van der Waals surface area contributed by atoms with Gasteiger partial charge in [0.2, 0.25) is 5.88 Å². The predicted molar refractivity (Wildman–Crippen MR) is 105 cm³/mol. The zero-order valence-electron chi connectivity index (χ0n) is 16.7. The fourth-order valence-corrected chi connectivity index (χ4v) is 3.57. The highest BCUT2D eigenvalue weighted by Gasteiger charge is 2.43. The van der Waals surface area contributed by atoms with Crippen LogP contribution in [0.2, 0.25) is 0 Å². The minimum atomic E-state index is -4.23. The lowest BCUT2D eigenvalue weighted by atomic mass is 9.68. The molecule has 28 heavy (non-hydrogen) atoms. The molecule has 0 aliphatic carbocycles. The van der Waals surface area contributed by atoms with Gasteiger partial charge in [0.1, 0.15) is 4.90 Å². The number of ether oxygens (including phenoxy) is 1. The van der Waals surface area contributed by atoms with Crippen molar-refractivity contribution in [2.45, 2.75) is 44.6 Å². The van der Waals surface area contributed by atoms with Crippen LogP contribution in [0.4, 0.5) is 0 Å². The summed E-state index contributed by atoms with van der Waals surface area (Å²) in [7, 11) is -2.73. The first-order valence-electron chi connectivity index (χ1n) is 8.72. The van der Waals surface area contributed by atoms with Crippen LogP contribution in [0.15, 0.2) is 47.5 Å². The number of benzene rings is 1. The molecule has 2 N–H and O–H groups in total. The highest BCUT2D eigenvalue weighted by atomic mass is 32.2. The summed E-state index contributed by atoms with van der Waals surface area (Å²) in [6.07, 6.45) is 1.18. The third-order valence-corrected chi connectivity index (χ3v) is 5.99. The maximum Gasteiger partial charge on any atom is 0.341 e. The molecule has 0 spiro atoms. The summed E-state index contributed by atoms with van der Waals surface area (Å²) in [5.74, 6) is -0.529. The van der Waals surface area contributed by atoms with Crippen LogP contribution in [0.1, 0.15) is 38.3 Å². The minimum absolute atomic E-state index is 0.0871. The summed E-state index contributed by atoms with van der Waals surface area (Å²) < 4.78 is 34.7. The van der Waals surface area contributed by atoms with Crippen molar-refractivity contribution in [2.24, 2.45) is 11.1 Å². The summed E-state index contributed by atoms with van der Waals surface area (Å²) in [4.78, 5) is 16.6. The van der Waals surface area contributed by atoms with Crippen LogP contribution in [-0.2, 0) is 24.6 Å². The second kappa shape index (κ2) is 7.89. The van der Waals surface area contributed by atoms with Crippen molar-refractivity contribution in [1.82, 2.24) is 4.98 Å². The summed E-state index contributed by atoms with van der Waals surface area (Å²) in [5.41, 5.74) is 6.27. The first-order valence-corrected chi connectivity index (χ1v) is 10.1. The molecule has 0 amide bonds. The molecular formula is C20H26N2O5S. The van der Waals surface area contributed by atoms with Crippen LogP contribution in [0.5, 0.6) is 5.88 Å². The van der Waals surface area contributed by atoms with Gasteiger partial charge in [0.15, 0.2) is 0 Å². The molecule has 0 aliphatic rings. The van der Waals surface area contributed by atoms with E-state index >= 15 is 0 Å². The summed E-state index contributed by atoms with van der Waals surface area (Å²) in [5, 5.41) is 0. The molecule has 7 nitrogen and oxygen atoms in total. The zero-order valence-corrected chi connectivity index (χ0v) is 17.5. The van der Waals surface area contributed by atoms with Gasteiger partial charge in [-0.25, -0.2) is 4.98 Å². The molecule has 8 heteroatoms. The average molecular weight is 407 g/mol. The van der Waals surface area contributed by atoms with E-state index in [0.29, 0.717) is 11.4 Å². The quantitative estimate of drug-likeness (QED) is 0.735. The molecule has 0 aliphatic heterocycles. The minimum Gasteiger partial charge on any atom is -0.481 e. The Bertz CT molecular complexity index is 932. The van der Waals surface area contributed by atoms with Crippen LogP contribution in [0, 0.1) is 12.3 Å². The summed E-state index contributed by atoms with van der Waals surface area (Å²) >= 11 is 0. The van der Waals surface area contributed by atoms with Crippen molar-refractivity contribution in [2.75, 3.05) is 7.11 Å². The molecule has 0 saturated heterocycles. The molecule has 1 aromatic heterocycles. The number of aryl methyl sites for hydroxylation is 1. The van der Waals surface area contributed by atoms with E-state index in [1.165, 1.54) is 25.4 Å². The van der Waals surface area contributed by atoms with Crippen LogP contribution >= 0.6 is 0 Å². The first-order chi connectivity index (χ1) is 12.9. The number of nitrogens with two attached hydrogens (primary N) is 1. The molecule has 152 valence electrons. The normalized spacial score (nSPS) is 14.2. The highest BCUT2D eigenvalue weighted by molar-refractivity contribution is 7.87. The van der Waals surface area contributed by atoms with Gasteiger partial charge in [0.25, 0.3) is 0 Å². The topological polar surface area (TPSA) is 109 Å². The number of pyridine rings is 1. The van der Waals surface area contributed by atoms with Gasteiger partial charge in [-0.3, -0.25) is 4.79 Å².